The van der Waals surface area contributed by atoms with Crippen molar-refractivity contribution in [2.24, 2.45) is 0 Å². The third kappa shape index (κ3) is 3.46. The minimum atomic E-state index is 0.0173. The van der Waals surface area contributed by atoms with Gasteiger partial charge >= 0.3 is 0 Å². The van der Waals surface area contributed by atoms with Gasteiger partial charge in [0.05, 0.1) is 0 Å². The van der Waals surface area contributed by atoms with Gasteiger partial charge in [-0.25, -0.2) is 0 Å². The molecule has 2 rings (SSSR count). The van der Waals surface area contributed by atoms with Crippen LogP contribution in [0.3, 0.4) is 0 Å². The van der Waals surface area contributed by atoms with Gasteiger partial charge in [-0.1, -0.05) is 22.0 Å². The number of likely N-dealkylation sites (N-methyl/N-ethyl adjacent to an activating group) is 1. The average Bonchev–Trinajstić information content (AvgIpc) is 2.89. The summed E-state index contributed by atoms with van der Waals surface area (Å²) < 4.78 is 6.43. The first kappa shape index (κ1) is 13.4. The molecule has 0 bridgehead atoms. The number of amides is 1. The normalized spacial score (nSPS) is 18.7. The molecule has 1 unspecified atom stereocenters. The summed E-state index contributed by atoms with van der Waals surface area (Å²) in [5, 5.41) is 3.25. The summed E-state index contributed by atoms with van der Waals surface area (Å²) in [6, 6.07) is 7.79. The van der Waals surface area contributed by atoms with Crippen LogP contribution in [-0.4, -0.2) is 43.6 Å². The van der Waals surface area contributed by atoms with Gasteiger partial charge in [0.1, 0.15) is 5.75 Å². The van der Waals surface area contributed by atoms with Gasteiger partial charge < -0.3 is 15.0 Å². The molecule has 0 saturated carbocycles. The van der Waals surface area contributed by atoms with Crippen molar-refractivity contribution >= 4 is 21.8 Å². The summed E-state index contributed by atoms with van der Waals surface area (Å²) in [5.41, 5.74) is 0. The van der Waals surface area contributed by atoms with Gasteiger partial charge in [-0.3, -0.25) is 4.79 Å². The second-order valence-corrected chi connectivity index (χ2v) is 5.31. The van der Waals surface area contributed by atoms with Crippen molar-refractivity contribution in [2.45, 2.75) is 12.5 Å². The van der Waals surface area contributed by atoms with Crippen LogP contribution < -0.4 is 10.1 Å². The van der Waals surface area contributed by atoms with E-state index in [1.54, 1.807) is 4.90 Å². The van der Waals surface area contributed by atoms with Gasteiger partial charge in [0.25, 0.3) is 5.91 Å². The van der Waals surface area contributed by atoms with Crippen LogP contribution in [0.25, 0.3) is 0 Å². The minimum Gasteiger partial charge on any atom is -0.484 e. The van der Waals surface area contributed by atoms with Gasteiger partial charge in [-0.15, -0.1) is 0 Å². The zero-order valence-corrected chi connectivity index (χ0v) is 11.9. The lowest BCUT2D eigenvalue weighted by atomic mass is 10.2. The molecular weight excluding hydrogens is 296 g/mol. The summed E-state index contributed by atoms with van der Waals surface area (Å²) in [6.45, 7) is 1.94. The molecule has 1 heterocycles. The van der Waals surface area contributed by atoms with Gasteiger partial charge in [-0.05, 0) is 31.2 Å². The molecule has 1 aliphatic heterocycles. The molecule has 0 radical (unpaired) electrons. The second-order valence-electron chi connectivity index (χ2n) is 4.40. The molecule has 4 nitrogen and oxygen atoms in total. The van der Waals surface area contributed by atoms with Gasteiger partial charge in [-0.2, -0.15) is 0 Å². The van der Waals surface area contributed by atoms with Crippen molar-refractivity contribution in [3.05, 3.63) is 28.7 Å². The number of benzene rings is 1. The second kappa shape index (κ2) is 6.20. The van der Waals surface area contributed by atoms with Crippen molar-refractivity contribution in [3.8, 4) is 5.75 Å². The predicted octanol–water partition coefficient (Wildman–Crippen LogP) is 1.65. The molecule has 0 aromatic heterocycles. The van der Waals surface area contributed by atoms with Crippen LogP contribution in [-0.2, 0) is 4.79 Å². The lowest BCUT2D eigenvalue weighted by molar-refractivity contribution is -0.133. The maximum atomic E-state index is 11.9. The number of nitrogens with one attached hydrogen (secondary N) is 1. The van der Waals surface area contributed by atoms with E-state index >= 15 is 0 Å². The van der Waals surface area contributed by atoms with E-state index in [1.807, 2.05) is 31.3 Å². The summed E-state index contributed by atoms with van der Waals surface area (Å²) in [7, 11) is 1.84. The Labute approximate surface area is 115 Å². The smallest absolute Gasteiger partial charge is 0.260 e. The Balaban J connectivity index is 1.84. The molecule has 1 aromatic carbocycles. The van der Waals surface area contributed by atoms with Crippen molar-refractivity contribution in [3.63, 3.8) is 0 Å². The van der Waals surface area contributed by atoms with Crippen molar-refractivity contribution in [2.75, 3.05) is 26.7 Å². The van der Waals surface area contributed by atoms with E-state index in [4.69, 9.17) is 4.74 Å². The Kier molecular flexibility index (Phi) is 4.60. The Morgan fingerprint density at radius 2 is 2.44 bits per heavy atom. The number of rotatable bonds is 4. The van der Waals surface area contributed by atoms with Crippen LogP contribution in [0.1, 0.15) is 6.42 Å². The number of carbonyl (C=O) groups excluding carboxylic acids is 1. The van der Waals surface area contributed by atoms with E-state index < -0.39 is 0 Å². The number of halogens is 1. The summed E-state index contributed by atoms with van der Waals surface area (Å²) >= 11 is 3.37. The number of ether oxygens (including phenoxy) is 1. The third-order valence-corrected chi connectivity index (χ3v) is 3.63. The van der Waals surface area contributed by atoms with Crippen LogP contribution in [0.4, 0.5) is 0 Å². The Morgan fingerprint density at radius 1 is 1.61 bits per heavy atom. The highest BCUT2D eigenvalue weighted by Crippen LogP contribution is 2.17. The monoisotopic (exact) mass is 312 g/mol. The van der Waals surface area contributed by atoms with E-state index in [9.17, 15) is 4.79 Å². The van der Waals surface area contributed by atoms with E-state index in [1.165, 1.54) is 0 Å². The van der Waals surface area contributed by atoms with E-state index in [0.717, 1.165) is 24.0 Å². The lowest BCUT2D eigenvalue weighted by Crippen LogP contribution is -2.40. The highest BCUT2D eigenvalue weighted by Gasteiger charge is 2.23. The molecule has 1 saturated heterocycles. The minimum absolute atomic E-state index is 0.0173. The molecule has 0 aliphatic carbocycles. The summed E-state index contributed by atoms with van der Waals surface area (Å²) in [6.07, 6.45) is 1.01. The highest BCUT2D eigenvalue weighted by molar-refractivity contribution is 9.10. The average molecular weight is 313 g/mol. The van der Waals surface area contributed by atoms with Gasteiger partial charge in [0.2, 0.25) is 0 Å². The molecule has 18 heavy (non-hydrogen) atoms. The number of hydrogen-bond acceptors (Lipinski definition) is 3. The molecule has 1 fully saturated rings. The standard InChI is InChI=1S/C13H17BrN2O2/c1-16(11-5-6-15-8-11)13(17)9-18-12-4-2-3-10(14)7-12/h2-4,7,11,15H,5-6,8-9H2,1H3. The maximum absolute atomic E-state index is 11.9. The fourth-order valence-corrected chi connectivity index (χ4v) is 2.36. The fraction of sp³-hybridized carbons (Fsp3) is 0.462. The van der Waals surface area contributed by atoms with Crippen LogP contribution in [0.5, 0.6) is 5.75 Å². The predicted molar refractivity (Wildman–Crippen MR) is 73.7 cm³/mol. The first-order valence-corrected chi connectivity index (χ1v) is 6.81. The van der Waals surface area contributed by atoms with Crippen LogP contribution in [0, 0.1) is 0 Å². The molecule has 1 aliphatic rings. The largest absolute Gasteiger partial charge is 0.484 e. The van der Waals surface area contributed by atoms with Crippen LogP contribution in [0.2, 0.25) is 0 Å². The van der Waals surface area contributed by atoms with Crippen molar-refractivity contribution in [1.82, 2.24) is 10.2 Å². The Hall–Kier alpha value is -1.07. The summed E-state index contributed by atoms with van der Waals surface area (Å²) in [5.74, 6) is 0.722. The summed E-state index contributed by atoms with van der Waals surface area (Å²) in [4.78, 5) is 13.7. The van der Waals surface area contributed by atoms with E-state index in [2.05, 4.69) is 21.2 Å². The third-order valence-electron chi connectivity index (χ3n) is 3.13. The van der Waals surface area contributed by atoms with E-state index in [0.29, 0.717) is 11.8 Å². The molecular formula is C13H17BrN2O2. The van der Waals surface area contributed by atoms with Gasteiger partial charge in [0.15, 0.2) is 6.61 Å². The quantitative estimate of drug-likeness (QED) is 0.919. The Bertz CT molecular complexity index is 419. The first-order chi connectivity index (χ1) is 8.66. The molecule has 1 aromatic rings. The first-order valence-electron chi connectivity index (χ1n) is 6.01. The fourth-order valence-electron chi connectivity index (χ4n) is 1.98. The number of hydrogen-bond donors (Lipinski definition) is 1. The van der Waals surface area contributed by atoms with Crippen LogP contribution in [0.15, 0.2) is 28.7 Å². The van der Waals surface area contributed by atoms with Crippen LogP contribution >= 0.6 is 15.9 Å². The number of nitrogens with zero attached hydrogens (tertiary/aromatic N) is 1. The molecule has 1 amide bonds. The van der Waals surface area contributed by atoms with E-state index in [-0.39, 0.29) is 12.5 Å². The molecule has 98 valence electrons. The molecule has 1 N–H and O–H groups in total. The van der Waals surface area contributed by atoms with Gasteiger partial charge in [0, 0.05) is 24.1 Å². The zero-order chi connectivity index (χ0) is 13.0. The molecule has 5 heteroatoms. The maximum Gasteiger partial charge on any atom is 0.260 e. The molecule has 0 spiro atoms. The topological polar surface area (TPSA) is 41.6 Å². The number of carbonyl (C=O) groups is 1. The highest BCUT2D eigenvalue weighted by atomic mass is 79.9. The molecule has 1 atom stereocenters. The van der Waals surface area contributed by atoms with Crippen molar-refractivity contribution < 1.29 is 9.53 Å². The lowest BCUT2D eigenvalue weighted by Gasteiger charge is -2.23. The zero-order valence-electron chi connectivity index (χ0n) is 10.4. The SMILES string of the molecule is CN(C(=O)COc1cccc(Br)c1)C1CCNC1. The Morgan fingerprint density at radius 3 is 3.11 bits per heavy atom. The van der Waals surface area contributed by atoms with Crippen molar-refractivity contribution in [1.29, 1.82) is 0 Å².